The molecule has 0 radical (unpaired) electrons. The third-order valence-corrected chi connectivity index (χ3v) is 3.82. The standard InChI is InChI=1S/C17H16F3N5O3/c1-10(21)25-16(27)24-9-12(6-7-14(24)23-25)15(26)22-8-11-4-2-3-5-13(11)28-17(18,19)20/h2-7,9-10H,8,21H2,1H3,(H,22,26). The number of carbonyl (C=O) groups excluding carboxylic acids is 1. The maximum Gasteiger partial charge on any atom is 0.573 e. The van der Waals surface area contributed by atoms with Gasteiger partial charge in [0.2, 0.25) is 0 Å². The Kier molecular flexibility index (Phi) is 5.10. The number of halogens is 3. The summed E-state index contributed by atoms with van der Waals surface area (Å²) in [5.74, 6) is -0.982. The molecule has 148 valence electrons. The van der Waals surface area contributed by atoms with E-state index in [9.17, 15) is 22.8 Å². The molecule has 28 heavy (non-hydrogen) atoms. The van der Waals surface area contributed by atoms with E-state index in [-0.39, 0.29) is 17.7 Å². The summed E-state index contributed by atoms with van der Waals surface area (Å²) >= 11 is 0. The van der Waals surface area contributed by atoms with Crippen LogP contribution in [-0.2, 0) is 6.54 Å². The van der Waals surface area contributed by atoms with E-state index in [0.717, 1.165) is 10.7 Å². The van der Waals surface area contributed by atoms with E-state index in [0.29, 0.717) is 5.65 Å². The van der Waals surface area contributed by atoms with E-state index in [4.69, 9.17) is 5.73 Å². The third kappa shape index (κ3) is 4.14. The number of benzene rings is 1. The van der Waals surface area contributed by atoms with Crippen LogP contribution < -0.4 is 21.5 Å². The summed E-state index contributed by atoms with van der Waals surface area (Å²) in [5.41, 5.74) is 5.74. The number of nitrogens with two attached hydrogens (primary N) is 1. The summed E-state index contributed by atoms with van der Waals surface area (Å²) in [6.45, 7) is 1.39. The number of pyridine rings is 1. The van der Waals surface area contributed by atoms with Crippen LogP contribution in [0.4, 0.5) is 13.2 Å². The molecule has 1 unspecified atom stereocenters. The minimum absolute atomic E-state index is 0.132. The zero-order valence-corrected chi connectivity index (χ0v) is 14.6. The molecule has 3 rings (SSSR count). The first-order chi connectivity index (χ1) is 13.2. The summed E-state index contributed by atoms with van der Waals surface area (Å²) in [6, 6.07) is 8.39. The molecule has 0 saturated carbocycles. The average Bonchev–Trinajstić information content (AvgIpc) is 2.96. The van der Waals surface area contributed by atoms with Crippen molar-refractivity contribution >= 4 is 11.6 Å². The zero-order valence-electron chi connectivity index (χ0n) is 14.6. The molecule has 0 aliphatic heterocycles. The van der Waals surface area contributed by atoms with Gasteiger partial charge in [-0.2, -0.15) is 4.68 Å². The minimum atomic E-state index is -4.84. The lowest BCUT2D eigenvalue weighted by Crippen LogP contribution is -2.29. The molecule has 2 heterocycles. The van der Waals surface area contributed by atoms with Crippen molar-refractivity contribution in [2.75, 3.05) is 0 Å². The second kappa shape index (κ2) is 7.35. The van der Waals surface area contributed by atoms with Crippen molar-refractivity contribution in [1.29, 1.82) is 0 Å². The first-order valence-corrected chi connectivity index (χ1v) is 8.14. The fraction of sp³-hybridized carbons (Fsp3) is 0.235. The van der Waals surface area contributed by atoms with Crippen molar-refractivity contribution in [3.8, 4) is 5.75 Å². The molecule has 0 spiro atoms. The highest BCUT2D eigenvalue weighted by molar-refractivity contribution is 5.94. The smallest absolute Gasteiger partial charge is 0.405 e. The van der Waals surface area contributed by atoms with Gasteiger partial charge in [-0.1, -0.05) is 18.2 Å². The maximum absolute atomic E-state index is 12.5. The van der Waals surface area contributed by atoms with Crippen LogP contribution in [-0.4, -0.2) is 26.5 Å². The van der Waals surface area contributed by atoms with Crippen LogP contribution >= 0.6 is 0 Å². The van der Waals surface area contributed by atoms with Crippen LogP contribution in [0, 0.1) is 0 Å². The number of hydrogen-bond donors (Lipinski definition) is 2. The molecule has 0 fully saturated rings. The van der Waals surface area contributed by atoms with Gasteiger partial charge in [0.25, 0.3) is 5.91 Å². The molecule has 3 aromatic rings. The zero-order chi connectivity index (χ0) is 20.5. The number of nitrogens with zero attached hydrogens (tertiary/aromatic N) is 3. The topological polar surface area (TPSA) is 104 Å². The number of nitrogens with one attached hydrogen (secondary N) is 1. The molecule has 1 atom stereocenters. The molecule has 1 amide bonds. The number of carbonyl (C=O) groups is 1. The number of hydrogen-bond acceptors (Lipinski definition) is 5. The van der Waals surface area contributed by atoms with Crippen LogP contribution in [0.3, 0.4) is 0 Å². The van der Waals surface area contributed by atoms with Crippen molar-refractivity contribution in [1.82, 2.24) is 19.5 Å². The molecule has 3 N–H and O–H groups in total. The number of aromatic nitrogens is 3. The van der Waals surface area contributed by atoms with E-state index in [1.807, 2.05) is 0 Å². The second-order valence-corrected chi connectivity index (χ2v) is 5.95. The summed E-state index contributed by atoms with van der Waals surface area (Å²) in [4.78, 5) is 24.6. The summed E-state index contributed by atoms with van der Waals surface area (Å²) in [5, 5.41) is 6.54. The number of para-hydroxylation sites is 1. The summed E-state index contributed by atoms with van der Waals surface area (Å²) < 4.78 is 43.6. The largest absolute Gasteiger partial charge is 0.573 e. The van der Waals surface area contributed by atoms with E-state index in [1.54, 1.807) is 6.92 Å². The van der Waals surface area contributed by atoms with E-state index < -0.39 is 29.9 Å². The van der Waals surface area contributed by atoms with Gasteiger partial charge in [-0.3, -0.25) is 4.79 Å². The Morgan fingerprint density at radius 2 is 2.00 bits per heavy atom. The van der Waals surface area contributed by atoms with Crippen molar-refractivity contribution in [2.24, 2.45) is 5.73 Å². The van der Waals surface area contributed by atoms with Gasteiger partial charge in [0.05, 0.1) is 5.56 Å². The van der Waals surface area contributed by atoms with Gasteiger partial charge in [-0.15, -0.1) is 18.3 Å². The highest BCUT2D eigenvalue weighted by Gasteiger charge is 2.32. The molecule has 11 heteroatoms. The minimum Gasteiger partial charge on any atom is -0.405 e. The third-order valence-electron chi connectivity index (χ3n) is 3.82. The Labute approximate surface area is 156 Å². The van der Waals surface area contributed by atoms with Crippen molar-refractivity contribution in [2.45, 2.75) is 26.0 Å². The van der Waals surface area contributed by atoms with Gasteiger partial charge in [0.1, 0.15) is 11.9 Å². The Hall–Kier alpha value is -3.34. The number of fused-ring (bicyclic) bond motifs is 1. The van der Waals surface area contributed by atoms with Gasteiger partial charge in [-0.05, 0) is 25.1 Å². The summed E-state index contributed by atoms with van der Waals surface area (Å²) in [7, 11) is 0. The Balaban J connectivity index is 1.79. The number of alkyl halides is 3. The fourth-order valence-corrected chi connectivity index (χ4v) is 2.54. The SMILES string of the molecule is CC(N)n1nc2ccc(C(=O)NCc3ccccc3OC(F)(F)F)cn2c1=O. The predicted molar refractivity (Wildman–Crippen MR) is 92.6 cm³/mol. The van der Waals surface area contributed by atoms with Crippen LogP contribution in [0.1, 0.15) is 29.0 Å². The first-order valence-electron chi connectivity index (χ1n) is 8.14. The normalized spacial score (nSPS) is 12.8. The Morgan fingerprint density at radius 1 is 1.29 bits per heavy atom. The van der Waals surface area contributed by atoms with Crippen LogP contribution in [0.15, 0.2) is 47.4 Å². The molecule has 1 aromatic carbocycles. The van der Waals surface area contributed by atoms with Crippen molar-refractivity contribution in [3.63, 3.8) is 0 Å². The summed E-state index contributed by atoms with van der Waals surface area (Å²) in [6.07, 6.45) is -4.20. The highest BCUT2D eigenvalue weighted by Crippen LogP contribution is 2.26. The lowest BCUT2D eigenvalue weighted by Gasteiger charge is -2.13. The molecular weight excluding hydrogens is 379 g/mol. The molecule has 0 aliphatic rings. The van der Waals surface area contributed by atoms with Gasteiger partial charge < -0.3 is 15.8 Å². The van der Waals surface area contributed by atoms with Gasteiger partial charge in [0, 0.05) is 18.3 Å². The maximum atomic E-state index is 12.5. The highest BCUT2D eigenvalue weighted by atomic mass is 19.4. The molecule has 2 aromatic heterocycles. The Bertz CT molecular complexity index is 1070. The van der Waals surface area contributed by atoms with Crippen LogP contribution in [0.5, 0.6) is 5.75 Å². The molecular formula is C17H16F3N5O3. The average molecular weight is 395 g/mol. The van der Waals surface area contributed by atoms with Gasteiger partial charge in [0.15, 0.2) is 5.65 Å². The lowest BCUT2D eigenvalue weighted by atomic mass is 10.2. The van der Waals surface area contributed by atoms with E-state index in [1.165, 1.54) is 40.9 Å². The molecule has 0 bridgehead atoms. The quantitative estimate of drug-likeness (QED) is 0.686. The predicted octanol–water partition coefficient (Wildman–Crippen LogP) is 1.80. The number of amides is 1. The second-order valence-electron chi connectivity index (χ2n) is 5.95. The van der Waals surface area contributed by atoms with Crippen LogP contribution in [0.2, 0.25) is 0 Å². The van der Waals surface area contributed by atoms with Crippen molar-refractivity contribution in [3.05, 3.63) is 64.2 Å². The van der Waals surface area contributed by atoms with Crippen molar-refractivity contribution < 1.29 is 22.7 Å². The molecule has 0 aliphatic carbocycles. The van der Waals surface area contributed by atoms with E-state index in [2.05, 4.69) is 15.2 Å². The van der Waals surface area contributed by atoms with Gasteiger partial charge in [-0.25, -0.2) is 9.20 Å². The van der Waals surface area contributed by atoms with E-state index >= 15 is 0 Å². The Morgan fingerprint density at radius 3 is 2.68 bits per heavy atom. The first kappa shape index (κ1) is 19.4. The van der Waals surface area contributed by atoms with Crippen LogP contribution in [0.25, 0.3) is 5.65 Å². The number of ether oxygens (including phenoxy) is 1. The fourth-order valence-electron chi connectivity index (χ4n) is 2.54. The lowest BCUT2D eigenvalue weighted by molar-refractivity contribution is -0.274. The van der Waals surface area contributed by atoms with Gasteiger partial charge >= 0.3 is 12.1 Å². The monoisotopic (exact) mass is 395 g/mol. The number of rotatable bonds is 5. The molecule has 8 nitrogen and oxygen atoms in total. The molecule has 0 saturated heterocycles.